The lowest BCUT2D eigenvalue weighted by Gasteiger charge is -2.18. The van der Waals surface area contributed by atoms with Crippen molar-refractivity contribution in [2.45, 2.75) is 341 Å². The van der Waals surface area contributed by atoms with Gasteiger partial charge in [-0.25, -0.2) is 0 Å². The van der Waals surface area contributed by atoms with Crippen molar-refractivity contribution in [1.82, 2.24) is 0 Å². The van der Waals surface area contributed by atoms with E-state index in [-0.39, 0.29) is 31.1 Å². The molecule has 0 fully saturated rings. The molecule has 0 aliphatic heterocycles. The monoisotopic (exact) mass is 1060 g/mol. The molecule has 76 heavy (non-hydrogen) atoms. The van der Waals surface area contributed by atoms with Crippen LogP contribution in [0.3, 0.4) is 0 Å². The van der Waals surface area contributed by atoms with Gasteiger partial charge < -0.3 is 14.2 Å². The van der Waals surface area contributed by atoms with Crippen LogP contribution in [0.4, 0.5) is 0 Å². The molecule has 0 aliphatic carbocycles. The summed E-state index contributed by atoms with van der Waals surface area (Å²) in [7, 11) is 0. The van der Waals surface area contributed by atoms with Crippen LogP contribution in [-0.2, 0) is 28.6 Å². The third kappa shape index (κ3) is 61.7. The predicted octanol–water partition coefficient (Wildman–Crippen LogP) is 22.5. The first kappa shape index (κ1) is 72.8. The van der Waals surface area contributed by atoms with Crippen LogP contribution < -0.4 is 0 Å². The van der Waals surface area contributed by atoms with Gasteiger partial charge in [-0.15, -0.1) is 0 Å². The standard InChI is InChI=1S/C70H124O6/c1-4-7-10-13-16-19-22-25-26-27-28-29-30-31-32-33-34-35-36-37-38-39-40-41-42-43-44-46-48-51-54-57-60-63-69(72)75-66-67(65-74-68(71)62-59-56-53-50-47-24-21-18-15-12-9-6-3)76-70(73)64-61-58-55-52-49-45-23-20-17-14-11-8-5-2/h7,10,16,19,25-26,28-29,31-32,34-35,67H,4-6,8-9,11-15,17-18,20-24,27,30,33,36-66H2,1-3H3/b10-7-,19-16-,26-25-,29-28-,32-31-,35-34-. The Kier molecular flexibility index (Phi) is 61.7. The average Bonchev–Trinajstić information content (AvgIpc) is 3.42. The lowest BCUT2D eigenvalue weighted by Crippen LogP contribution is -2.30. The first-order valence-electron chi connectivity index (χ1n) is 32.9. The highest BCUT2D eigenvalue weighted by molar-refractivity contribution is 5.71. The number of carbonyl (C=O) groups excluding carboxylic acids is 3. The first-order chi connectivity index (χ1) is 37.5. The van der Waals surface area contributed by atoms with Crippen molar-refractivity contribution in [2.75, 3.05) is 13.2 Å². The van der Waals surface area contributed by atoms with Gasteiger partial charge in [-0.1, -0.05) is 318 Å². The summed E-state index contributed by atoms with van der Waals surface area (Å²) in [5.41, 5.74) is 0. The second-order valence-corrected chi connectivity index (χ2v) is 22.0. The molecule has 0 aromatic heterocycles. The van der Waals surface area contributed by atoms with E-state index in [1.54, 1.807) is 0 Å². The predicted molar refractivity (Wildman–Crippen MR) is 330 cm³/mol. The third-order valence-corrected chi connectivity index (χ3v) is 14.5. The summed E-state index contributed by atoms with van der Waals surface area (Å²) in [5, 5.41) is 0. The Hall–Kier alpha value is -3.15. The molecule has 0 aromatic rings. The fraction of sp³-hybridized carbons (Fsp3) is 0.786. The van der Waals surface area contributed by atoms with Gasteiger partial charge in [0.05, 0.1) is 0 Å². The van der Waals surface area contributed by atoms with Crippen LogP contribution in [0.2, 0.25) is 0 Å². The molecule has 0 bridgehead atoms. The fourth-order valence-corrected chi connectivity index (χ4v) is 9.57. The second kappa shape index (κ2) is 64.4. The molecule has 6 heteroatoms. The number of esters is 3. The third-order valence-electron chi connectivity index (χ3n) is 14.5. The normalized spacial score (nSPS) is 12.5. The molecule has 0 radical (unpaired) electrons. The number of ether oxygens (including phenoxy) is 3. The van der Waals surface area contributed by atoms with Crippen molar-refractivity contribution in [3.63, 3.8) is 0 Å². The van der Waals surface area contributed by atoms with Gasteiger partial charge in [0.15, 0.2) is 6.10 Å². The Bertz CT molecular complexity index is 1400. The lowest BCUT2D eigenvalue weighted by molar-refractivity contribution is -0.167. The van der Waals surface area contributed by atoms with Crippen molar-refractivity contribution in [1.29, 1.82) is 0 Å². The van der Waals surface area contributed by atoms with E-state index in [1.165, 1.54) is 199 Å². The Labute approximate surface area is 472 Å². The van der Waals surface area contributed by atoms with Crippen LogP contribution in [0.1, 0.15) is 335 Å². The van der Waals surface area contributed by atoms with E-state index in [9.17, 15) is 14.4 Å². The summed E-state index contributed by atoms with van der Waals surface area (Å²) < 4.78 is 16.9. The maximum Gasteiger partial charge on any atom is 0.306 e. The van der Waals surface area contributed by atoms with Gasteiger partial charge in [0, 0.05) is 19.3 Å². The summed E-state index contributed by atoms with van der Waals surface area (Å²) in [4.78, 5) is 38.2. The molecule has 6 nitrogen and oxygen atoms in total. The minimum absolute atomic E-state index is 0.0684. The number of carbonyl (C=O) groups is 3. The quantitative estimate of drug-likeness (QED) is 0.0261. The highest BCUT2D eigenvalue weighted by atomic mass is 16.6. The van der Waals surface area contributed by atoms with Crippen molar-refractivity contribution < 1.29 is 28.6 Å². The van der Waals surface area contributed by atoms with E-state index in [0.29, 0.717) is 19.3 Å². The molecule has 440 valence electrons. The van der Waals surface area contributed by atoms with E-state index in [4.69, 9.17) is 14.2 Å². The van der Waals surface area contributed by atoms with E-state index in [1.807, 2.05) is 0 Å². The SMILES string of the molecule is CC/C=C\C/C=C\C/C=C\C/C=C\C/C=C\C/C=C\CCCCCCCCCCCCCCCCC(=O)OCC(COC(=O)CCCCCCCCCCCCCC)OC(=O)CCCCCCCCCCCCCCC. The fourth-order valence-electron chi connectivity index (χ4n) is 9.57. The van der Waals surface area contributed by atoms with Crippen molar-refractivity contribution in [3.05, 3.63) is 72.9 Å². The zero-order valence-corrected chi connectivity index (χ0v) is 50.5. The zero-order valence-electron chi connectivity index (χ0n) is 50.5. The van der Waals surface area contributed by atoms with Gasteiger partial charge in [-0.3, -0.25) is 14.4 Å². The Morgan fingerprint density at radius 2 is 0.513 bits per heavy atom. The van der Waals surface area contributed by atoms with Crippen LogP contribution in [-0.4, -0.2) is 37.2 Å². The van der Waals surface area contributed by atoms with Gasteiger partial charge in [0.25, 0.3) is 0 Å². The van der Waals surface area contributed by atoms with Crippen molar-refractivity contribution in [3.8, 4) is 0 Å². The molecule has 0 saturated heterocycles. The number of hydrogen-bond donors (Lipinski definition) is 0. The Morgan fingerprint density at radius 3 is 0.803 bits per heavy atom. The zero-order chi connectivity index (χ0) is 55.0. The number of unbranched alkanes of at least 4 members (excludes halogenated alkanes) is 37. The molecule has 0 N–H and O–H groups in total. The molecule has 0 aliphatic rings. The van der Waals surface area contributed by atoms with E-state index < -0.39 is 6.10 Å². The summed E-state index contributed by atoms with van der Waals surface area (Å²) in [5.74, 6) is -0.851. The molecular formula is C70H124O6. The molecular weight excluding hydrogens is 937 g/mol. The molecule has 0 spiro atoms. The topological polar surface area (TPSA) is 78.9 Å². The van der Waals surface area contributed by atoms with Crippen LogP contribution >= 0.6 is 0 Å². The summed E-state index contributed by atoms with van der Waals surface area (Å²) in [6.45, 7) is 6.56. The smallest absolute Gasteiger partial charge is 0.306 e. The molecule has 0 amide bonds. The molecule has 1 atom stereocenters. The highest BCUT2D eigenvalue weighted by Crippen LogP contribution is 2.17. The van der Waals surface area contributed by atoms with E-state index >= 15 is 0 Å². The lowest BCUT2D eigenvalue weighted by atomic mass is 10.0. The Morgan fingerprint density at radius 1 is 0.276 bits per heavy atom. The van der Waals surface area contributed by atoms with Gasteiger partial charge >= 0.3 is 17.9 Å². The van der Waals surface area contributed by atoms with E-state index in [2.05, 4.69) is 93.7 Å². The number of rotatable bonds is 60. The molecule has 0 heterocycles. The maximum absolute atomic E-state index is 12.9. The summed E-state index contributed by atoms with van der Waals surface area (Å²) >= 11 is 0. The van der Waals surface area contributed by atoms with Crippen LogP contribution in [0.15, 0.2) is 72.9 Å². The van der Waals surface area contributed by atoms with E-state index in [0.717, 1.165) is 96.3 Å². The van der Waals surface area contributed by atoms with Crippen LogP contribution in [0.25, 0.3) is 0 Å². The summed E-state index contributed by atoms with van der Waals surface area (Å²) in [6, 6.07) is 0. The van der Waals surface area contributed by atoms with Crippen LogP contribution in [0.5, 0.6) is 0 Å². The molecule has 0 rings (SSSR count). The average molecular weight is 1060 g/mol. The van der Waals surface area contributed by atoms with Crippen LogP contribution in [0, 0.1) is 0 Å². The van der Waals surface area contributed by atoms with Crippen molar-refractivity contribution >= 4 is 17.9 Å². The molecule has 0 saturated carbocycles. The highest BCUT2D eigenvalue weighted by Gasteiger charge is 2.19. The second-order valence-electron chi connectivity index (χ2n) is 22.0. The number of hydrogen-bond acceptors (Lipinski definition) is 6. The van der Waals surface area contributed by atoms with Crippen molar-refractivity contribution in [2.24, 2.45) is 0 Å². The van der Waals surface area contributed by atoms with Gasteiger partial charge in [0.2, 0.25) is 0 Å². The minimum Gasteiger partial charge on any atom is -0.462 e. The Balaban J connectivity index is 4.11. The van der Waals surface area contributed by atoms with Gasteiger partial charge in [-0.05, 0) is 70.6 Å². The maximum atomic E-state index is 12.9. The number of allylic oxidation sites excluding steroid dienone is 12. The van der Waals surface area contributed by atoms with Gasteiger partial charge in [-0.2, -0.15) is 0 Å². The largest absolute Gasteiger partial charge is 0.462 e. The van der Waals surface area contributed by atoms with Gasteiger partial charge in [0.1, 0.15) is 13.2 Å². The summed E-state index contributed by atoms with van der Waals surface area (Å²) in [6.07, 6.45) is 83.5. The molecule has 1 unspecified atom stereocenters. The molecule has 0 aromatic carbocycles. The first-order valence-corrected chi connectivity index (χ1v) is 32.9. The minimum atomic E-state index is -0.769.